The summed E-state index contributed by atoms with van der Waals surface area (Å²) in [6.07, 6.45) is 84.5. The van der Waals surface area contributed by atoms with Gasteiger partial charge in [0.1, 0.15) is 6.61 Å². The standard InChI is InChI=1S/C67H116O5/c1-4-7-10-13-16-19-22-25-28-31-34-36-39-42-45-48-51-54-57-60-66(68)71-64-65(63-70-62-59-56-53-50-47-44-41-38-33-30-27-24-21-18-15-12-9-6-3)72-67(69)61-58-55-52-49-46-43-40-37-35-32-29-26-23-20-17-14-11-8-5-2/h7,10,16-17,19-20,25-26,28-29,34,36,42,45,51,54,65H,4-6,8-9,11-15,18,21-24,27,30-33,35,37-41,43-44,46-50,52-53,55-64H2,1-3H3/b10-7-,19-16-,20-17-,28-25-,29-26-,36-34-,45-42-,54-51-. The minimum atomic E-state index is -0.574. The number of ether oxygens (including phenoxy) is 3. The van der Waals surface area contributed by atoms with Crippen molar-refractivity contribution in [3.63, 3.8) is 0 Å². The van der Waals surface area contributed by atoms with Gasteiger partial charge in [-0.3, -0.25) is 9.59 Å². The lowest BCUT2D eigenvalue weighted by atomic mass is 10.0. The van der Waals surface area contributed by atoms with E-state index in [0.29, 0.717) is 25.9 Å². The number of carbonyl (C=O) groups is 2. The molecule has 0 saturated carbocycles. The fraction of sp³-hybridized carbons (Fsp3) is 0.731. The normalized spacial score (nSPS) is 12.9. The van der Waals surface area contributed by atoms with E-state index in [2.05, 4.69) is 112 Å². The highest BCUT2D eigenvalue weighted by atomic mass is 16.6. The summed E-state index contributed by atoms with van der Waals surface area (Å²) in [5.74, 6) is -0.491. The SMILES string of the molecule is CC/C=C\C/C=C\C/C=C\C/C=C\C/C=C\C/C=C\CCC(=O)OCC(COCCCCCCCCCCCCCCCCCCCC)OC(=O)CCCCCCCCCCC/C=C\C/C=C\CCCCC. The molecule has 0 N–H and O–H groups in total. The maximum Gasteiger partial charge on any atom is 0.306 e. The van der Waals surface area contributed by atoms with Crippen molar-refractivity contribution in [1.29, 1.82) is 0 Å². The number of hydrogen-bond donors (Lipinski definition) is 0. The zero-order valence-corrected chi connectivity index (χ0v) is 47.7. The number of unbranched alkanes of at least 4 members (excludes halogenated alkanes) is 29. The van der Waals surface area contributed by atoms with Gasteiger partial charge in [0.05, 0.1) is 6.61 Å². The van der Waals surface area contributed by atoms with Gasteiger partial charge in [-0.05, 0) is 89.9 Å². The molecular formula is C67H116O5. The molecule has 0 saturated heterocycles. The molecule has 0 rings (SSSR count). The second-order valence-corrected chi connectivity index (χ2v) is 20.2. The molecule has 0 aromatic heterocycles. The summed E-state index contributed by atoms with van der Waals surface area (Å²) in [6, 6.07) is 0. The van der Waals surface area contributed by atoms with Crippen molar-refractivity contribution in [2.75, 3.05) is 19.8 Å². The first-order valence-corrected chi connectivity index (χ1v) is 30.8. The summed E-state index contributed by atoms with van der Waals surface area (Å²) in [5.41, 5.74) is 0. The van der Waals surface area contributed by atoms with Gasteiger partial charge in [-0.25, -0.2) is 0 Å². The zero-order chi connectivity index (χ0) is 52.0. The van der Waals surface area contributed by atoms with Crippen molar-refractivity contribution in [3.8, 4) is 0 Å². The molecule has 0 amide bonds. The largest absolute Gasteiger partial charge is 0.462 e. The van der Waals surface area contributed by atoms with E-state index in [1.54, 1.807) is 0 Å². The Kier molecular flexibility index (Phi) is 59.4. The molecule has 0 fully saturated rings. The molecule has 5 nitrogen and oxygen atoms in total. The lowest BCUT2D eigenvalue weighted by Gasteiger charge is -2.18. The molecule has 0 aliphatic heterocycles. The highest BCUT2D eigenvalue weighted by molar-refractivity contribution is 5.70. The highest BCUT2D eigenvalue weighted by Crippen LogP contribution is 2.16. The Morgan fingerprint density at radius 1 is 0.319 bits per heavy atom. The van der Waals surface area contributed by atoms with Gasteiger partial charge in [0.25, 0.3) is 0 Å². The monoisotopic (exact) mass is 1000 g/mol. The van der Waals surface area contributed by atoms with Crippen LogP contribution < -0.4 is 0 Å². The topological polar surface area (TPSA) is 61.8 Å². The molecule has 1 unspecified atom stereocenters. The molecule has 414 valence electrons. The van der Waals surface area contributed by atoms with Gasteiger partial charge in [0.15, 0.2) is 6.10 Å². The van der Waals surface area contributed by atoms with Crippen molar-refractivity contribution in [2.45, 2.75) is 297 Å². The first-order valence-electron chi connectivity index (χ1n) is 30.8. The molecule has 0 radical (unpaired) electrons. The Labute approximate surface area is 447 Å². The lowest BCUT2D eigenvalue weighted by molar-refractivity contribution is -0.162. The Balaban J connectivity index is 4.38. The third kappa shape index (κ3) is 59.4. The molecule has 5 heteroatoms. The van der Waals surface area contributed by atoms with Crippen LogP contribution in [-0.2, 0) is 23.8 Å². The van der Waals surface area contributed by atoms with Gasteiger partial charge in [0.2, 0.25) is 0 Å². The Morgan fingerprint density at radius 2 is 0.653 bits per heavy atom. The van der Waals surface area contributed by atoms with Crippen LogP contribution in [0.15, 0.2) is 97.2 Å². The first-order chi connectivity index (χ1) is 35.6. The molecule has 1 atom stereocenters. The van der Waals surface area contributed by atoms with Crippen LogP contribution in [0.3, 0.4) is 0 Å². The van der Waals surface area contributed by atoms with E-state index in [4.69, 9.17) is 14.2 Å². The average molecular weight is 1000 g/mol. The van der Waals surface area contributed by atoms with Crippen LogP contribution in [0.5, 0.6) is 0 Å². The Bertz CT molecular complexity index is 1360. The van der Waals surface area contributed by atoms with E-state index in [-0.39, 0.29) is 25.2 Å². The summed E-state index contributed by atoms with van der Waals surface area (Å²) < 4.78 is 17.5. The number of esters is 2. The molecule has 0 aliphatic carbocycles. The summed E-state index contributed by atoms with van der Waals surface area (Å²) in [6.45, 7) is 7.64. The van der Waals surface area contributed by atoms with Crippen molar-refractivity contribution in [1.82, 2.24) is 0 Å². The van der Waals surface area contributed by atoms with Gasteiger partial charge >= 0.3 is 11.9 Å². The van der Waals surface area contributed by atoms with Gasteiger partial charge in [0, 0.05) is 19.4 Å². The van der Waals surface area contributed by atoms with Crippen LogP contribution in [0.25, 0.3) is 0 Å². The van der Waals surface area contributed by atoms with Crippen LogP contribution in [-0.4, -0.2) is 37.9 Å². The molecule has 0 heterocycles. The second-order valence-electron chi connectivity index (χ2n) is 20.2. The predicted molar refractivity (Wildman–Crippen MR) is 316 cm³/mol. The Morgan fingerprint density at radius 3 is 1.08 bits per heavy atom. The maximum absolute atomic E-state index is 12.9. The molecule has 0 bridgehead atoms. The van der Waals surface area contributed by atoms with Crippen LogP contribution in [0.1, 0.15) is 290 Å². The van der Waals surface area contributed by atoms with Gasteiger partial charge in [-0.2, -0.15) is 0 Å². The quantitative estimate of drug-likeness (QED) is 0.0345. The van der Waals surface area contributed by atoms with Crippen molar-refractivity contribution in [3.05, 3.63) is 97.2 Å². The minimum Gasteiger partial charge on any atom is -0.462 e. The van der Waals surface area contributed by atoms with Crippen LogP contribution in [0.4, 0.5) is 0 Å². The number of rotatable bonds is 56. The average Bonchev–Trinajstić information content (AvgIpc) is 3.38. The molecule has 0 spiro atoms. The summed E-state index contributed by atoms with van der Waals surface area (Å²) >= 11 is 0. The molecule has 72 heavy (non-hydrogen) atoms. The maximum atomic E-state index is 12.9. The summed E-state index contributed by atoms with van der Waals surface area (Å²) in [5, 5.41) is 0. The van der Waals surface area contributed by atoms with E-state index >= 15 is 0 Å². The number of hydrogen-bond acceptors (Lipinski definition) is 5. The smallest absolute Gasteiger partial charge is 0.306 e. The predicted octanol–water partition coefficient (Wildman–Crippen LogP) is 21.4. The summed E-state index contributed by atoms with van der Waals surface area (Å²) in [7, 11) is 0. The van der Waals surface area contributed by atoms with Crippen LogP contribution >= 0.6 is 0 Å². The van der Waals surface area contributed by atoms with Crippen molar-refractivity contribution >= 4 is 11.9 Å². The first kappa shape index (κ1) is 68.8. The lowest BCUT2D eigenvalue weighted by Crippen LogP contribution is -2.30. The third-order valence-corrected chi connectivity index (χ3v) is 13.1. The second kappa shape index (κ2) is 62.1. The van der Waals surface area contributed by atoms with E-state index < -0.39 is 6.10 Å². The van der Waals surface area contributed by atoms with Crippen molar-refractivity contribution < 1.29 is 23.8 Å². The summed E-state index contributed by atoms with van der Waals surface area (Å²) in [4.78, 5) is 25.6. The number of carbonyl (C=O) groups excluding carboxylic acids is 2. The Hall–Kier alpha value is -3.18. The van der Waals surface area contributed by atoms with E-state index in [9.17, 15) is 9.59 Å². The van der Waals surface area contributed by atoms with E-state index in [1.165, 1.54) is 173 Å². The van der Waals surface area contributed by atoms with E-state index in [0.717, 1.165) is 77.0 Å². The molecular weight excluding hydrogens is 885 g/mol. The minimum absolute atomic E-state index is 0.0419. The van der Waals surface area contributed by atoms with Crippen LogP contribution in [0, 0.1) is 0 Å². The van der Waals surface area contributed by atoms with Crippen molar-refractivity contribution in [2.24, 2.45) is 0 Å². The third-order valence-electron chi connectivity index (χ3n) is 13.1. The van der Waals surface area contributed by atoms with Gasteiger partial charge in [-0.1, -0.05) is 285 Å². The van der Waals surface area contributed by atoms with Gasteiger partial charge < -0.3 is 14.2 Å². The molecule has 0 aromatic rings. The van der Waals surface area contributed by atoms with E-state index in [1.807, 2.05) is 6.08 Å². The van der Waals surface area contributed by atoms with Crippen LogP contribution in [0.2, 0.25) is 0 Å². The fourth-order valence-electron chi connectivity index (χ4n) is 8.57. The van der Waals surface area contributed by atoms with Gasteiger partial charge in [-0.15, -0.1) is 0 Å². The molecule has 0 aliphatic rings. The molecule has 0 aromatic carbocycles. The fourth-order valence-corrected chi connectivity index (χ4v) is 8.57. The number of allylic oxidation sites excluding steroid dienone is 16. The zero-order valence-electron chi connectivity index (χ0n) is 47.7. The highest BCUT2D eigenvalue weighted by Gasteiger charge is 2.17.